The third-order valence-electron chi connectivity index (χ3n) is 4.03. The van der Waals surface area contributed by atoms with Gasteiger partial charge in [-0.15, -0.1) is 0 Å². The van der Waals surface area contributed by atoms with Crippen LogP contribution in [0.4, 0.5) is 0 Å². The maximum Gasteiger partial charge on any atom is 0.180 e. The zero-order chi connectivity index (χ0) is 15.5. The van der Waals surface area contributed by atoms with Crippen LogP contribution < -0.4 is 26.4 Å². The predicted molar refractivity (Wildman–Crippen MR) is 87.5 cm³/mol. The molecule has 0 N–H and O–H groups in total. The van der Waals surface area contributed by atoms with E-state index in [0.717, 1.165) is 22.3 Å². The van der Waals surface area contributed by atoms with Crippen molar-refractivity contribution in [2.24, 2.45) is 0 Å². The van der Waals surface area contributed by atoms with Crippen molar-refractivity contribution in [2.75, 3.05) is 14.2 Å². The number of hydrogen-bond acceptors (Lipinski definition) is 2. The molecule has 1 atom stereocenters. The summed E-state index contributed by atoms with van der Waals surface area (Å²) in [4.78, 5) is 0. The molecule has 23 heavy (non-hydrogen) atoms. The van der Waals surface area contributed by atoms with E-state index in [4.69, 9.17) is 9.47 Å². The zero-order valence-electron chi connectivity index (χ0n) is 13.5. The molecular weight excluding hydrogens is 310 g/mol. The second kappa shape index (κ2) is 7.34. The van der Waals surface area contributed by atoms with E-state index in [1.165, 1.54) is 5.56 Å². The first kappa shape index (κ1) is 17.1. The molecule has 1 aromatic heterocycles. The van der Waals surface area contributed by atoms with Crippen LogP contribution in [-0.4, -0.2) is 14.2 Å². The van der Waals surface area contributed by atoms with Gasteiger partial charge in [0.2, 0.25) is 0 Å². The Morgan fingerprint density at radius 2 is 1.48 bits per heavy atom. The maximum absolute atomic E-state index is 5.40. The Kier molecular flexibility index (Phi) is 5.45. The van der Waals surface area contributed by atoms with Crippen LogP contribution in [-0.2, 0) is 0 Å². The molecule has 0 saturated heterocycles. The Morgan fingerprint density at radius 3 is 2.09 bits per heavy atom. The molecule has 0 radical (unpaired) electrons. The van der Waals surface area contributed by atoms with Gasteiger partial charge in [0.15, 0.2) is 29.9 Å². The molecule has 3 aromatic rings. The maximum atomic E-state index is 5.40. The van der Waals surface area contributed by atoms with Crippen molar-refractivity contribution in [2.45, 2.75) is 13.0 Å². The Balaban J connectivity index is 0.00000192. The van der Waals surface area contributed by atoms with E-state index < -0.39 is 0 Å². The SMILES string of the molecule is COc1cc2cc[n+]([C@H](C)c3ccccc3)cc2cc1OC.[Cl-]. The van der Waals surface area contributed by atoms with Crippen molar-refractivity contribution in [3.8, 4) is 11.5 Å². The topological polar surface area (TPSA) is 22.3 Å². The van der Waals surface area contributed by atoms with E-state index in [0.29, 0.717) is 0 Å². The van der Waals surface area contributed by atoms with E-state index in [9.17, 15) is 0 Å². The molecular formula is C19H20ClNO2. The summed E-state index contributed by atoms with van der Waals surface area (Å²) in [5.41, 5.74) is 1.28. The number of fused-ring (bicyclic) bond motifs is 1. The van der Waals surface area contributed by atoms with Crippen molar-refractivity contribution >= 4 is 10.8 Å². The highest BCUT2D eigenvalue weighted by Gasteiger charge is 2.16. The smallest absolute Gasteiger partial charge is 0.180 e. The second-order valence-electron chi connectivity index (χ2n) is 5.31. The second-order valence-corrected chi connectivity index (χ2v) is 5.31. The van der Waals surface area contributed by atoms with Gasteiger partial charge in [-0.3, -0.25) is 0 Å². The quantitative estimate of drug-likeness (QED) is 0.659. The Morgan fingerprint density at radius 1 is 0.870 bits per heavy atom. The normalized spacial score (nSPS) is 11.6. The fraction of sp³-hybridized carbons (Fsp3) is 0.211. The first-order chi connectivity index (χ1) is 10.7. The molecule has 0 spiro atoms. The summed E-state index contributed by atoms with van der Waals surface area (Å²) in [7, 11) is 3.32. The van der Waals surface area contributed by atoms with Crippen molar-refractivity contribution < 1.29 is 26.4 Å². The van der Waals surface area contributed by atoms with Gasteiger partial charge in [-0.25, -0.2) is 0 Å². The Hall–Kier alpha value is -2.26. The standard InChI is InChI=1S/C19H20NO2.ClH/c1-14(15-7-5-4-6-8-15)20-10-9-16-11-18(21-2)19(22-3)12-17(16)13-20;/h4-14H,1-3H3;1H/q+1;/p-1/t14-;/m1./s1. The number of hydrogen-bond donors (Lipinski definition) is 0. The number of ether oxygens (including phenoxy) is 2. The minimum Gasteiger partial charge on any atom is -1.00 e. The molecule has 0 saturated carbocycles. The van der Waals surface area contributed by atoms with E-state index in [2.05, 4.69) is 54.2 Å². The predicted octanol–water partition coefficient (Wildman–Crippen LogP) is 0.758. The van der Waals surface area contributed by atoms with Gasteiger partial charge in [0.05, 0.1) is 14.2 Å². The number of halogens is 1. The molecule has 0 aliphatic carbocycles. The number of nitrogens with zero attached hydrogens (tertiary/aromatic N) is 1. The van der Waals surface area contributed by atoms with Crippen molar-refractivity contribution in [1.82, 2.24) is 0 Å². The third-order valence-corrected chi connectivity index (χ3v) is 4.03. The summed E-state index contributed by atoms with van der Waals surface area (Å²) < 4.78 is 13.0. The lowest BCUT2D eigenvalue weighted by Crippen LogP contribution is -3.00. The summed E-state index contributed by atoms with van der Waals surface area (Å²) in [6.07, 6.45) is 4.25. The van der Waals surface area contributed by atoms with Crippen molar-refractivity contribution in [3.63, 3.8) is 0 Å². The Labute approximate surface area is 142 Å². The molecule has 2 aromatic carbocycles. The highest BCUT2D eigenvalue weighted by atomic mass is 35.5. The average Bonchev–Trinajstić information content (AvgIpc) is 2.60. The van der Waals surface area contributed by atoms with Gasteiger partial charge in [0.25, 0.3) is 0 Å². The average molecular weight is 330 g/mol. The molecule has 3 nitrogen and oxygen atoms in total. The van der Waals surface area contributed by atoms with Crippen LogP contribution in [0.25, 0.3) is 10.8 Å². The van der Waals surface area contributed by atoms with Gasteiger partial charge < -0.3 is 21.9 Å². The minimum atomic E-state index is 0. The van der Waals surface area contributed by atoms with Crippen LogP contribution in [0.3, 0.4) is 0 Å². The van der Waals surface area contributed by atoms with Gasteiger partial charge in [0.1, 0.15) is 0 Å². The number of rotatable bonds is 4. The lowest BCUT2D eigenvalue weighted by molar-refractivity contribution is -0.709. The number of aromatic nitrogens is 1. The van der Waals surface area contributed by atoms with E-state index >= 15 is 0 Å². The van der Waals surface area contributed by atoms with Crippen LogP contribution in [0.5, 0.6) is 11.5 Å². The summed E-state index contributed by atoms with van der Waals surface area (Å²) >= 11 is 0. The number of pyridine rings is 1. The molecule has 0 aliphatic rings. The molecule has 3 rings (SSSR count). The molecule has 0 amide bonds. The van der Waals surface area contributed by atoms with Gasteiger partial charge in [-0.1, -0.05) is 30.3 Å². The van der Waals surface area contributed by atoms with Crippen LogP contribution >= 0.6 is 0 Å². The molecule has 0 bridgehead atoms. The Bertz CT molecular complexity index is 790. The van der Waals surface area contributed by atoms with Gasteiger partial charge in [0, 0.05) is 23.9 Å². The van der Waals surface area contributed by atoms with Gasteiger partial charge >= 0.3 is 0 Å². The number of benzene rings is 2. The minimum absolute atomic E-state index is 0. The monoisotopic (exact) mass is 329 g/mol. The fourth-order valence-corrected chi connectivity index (χ4v) is 2.68. The molecule has 4 heteroatoms. The van der Waals surface area contributed by atoms with Gasteiger partial charge in [-0.2, -0.15) is 4.57 Å². The molecule has 0 unspecified atom stereocenters. The van der Waals surface area contributed by atoms with E-state index in [1.54, 1.807) is 14.2 Å². The molecule has 1 heterocycles. The fourth-order valence-electron chi connectivity index (χ4n) is 2.68. The zero-order valence-corrected chi connectivity index (χ0v) is 14.2. The summed E-state index contributed by atoms with van der Waals surface area (Å²) in [5.74, 6) is 1.50. The summed E-state index contributed by atoms with van der Waals surface area (Å²) in [6.45, 7) is 2.20. The van der Waals surface area contributed by atoms with E-state index in [-0.39, 0.29) is 18.4 Å². The van der Waals surface area contributed by atoms with Crippen LogP contribution in [0, 0.1) is 0 Å². The molecule has 0 aliphatic heterocycles. The largest absolute Gasteiger partial charge is 1.00 e. The third kappa shape index (κ3) is 3.40. The van der Waals surface area contributed by atoms with E-state index in [1.807, 2.05) is 18.2 Å². The lowest BCUT2D eigenvalue weighted by atomic mass is 10.1. The van der Waals surface area contributed by atoms with Crippen LogP contribution in [0.1, 0.15) is 18.5 Å². The highest BCUT2D eigenvalue weighted by Crippen LogP contribution is 2.31. The first-order valence-electron chi connectivity index (χ1n) is 7.34. The first-order valence-corrected chi connectivity index (χ1v) is 7.34. The summed E-state index contributed by atoms with van der Waals surface area (Å²) in [5, 5.41) is 2.26. The number of methoxy groups -OCH3 is 2. The lowest BCUT2D eigenvalue weighted by Gasteiger charge is -2.11. The van der Waals surface area contributed by atoms with Gasteiger partial charge in [-0.05, 0) is 17.5 Å². The van der Waals surface area contributed by atoms with Crippen molar-refractivity contribution in [3.05, 3.63) is 66.5 Å². The molecule has 120 valence electrons. The highest BCUT2D eigenvalue weighted by molar-refractivity contribution is 5.84. The summed E-state index contributed by atoms with van der Waals surface area (Å²) in [6, 6.07) is 16.9. The van der Waals surface area contributed by atoms with Crippen LogP contribution in [0.2, 0.25) is 0 Å². The van der Waals surface area contributed by atoms with Crippen molar-refractivity contribution in [1.29, 1.82) is 0 Å². The van der Waals surface area contributed by atoms with Crippen LogP contribution in [0.15, 0.2) is 60.9 Å². The molecule has 0 fully saturated rings.